The molecule has 0 saturated carbocycles. The molecule has 0 atom stereocenters. The average molecular weight is 417 g/mol. The van der Waals surface area contributed by atoms with E-state index in [1.165, 1.54) is 10.4 Å². The number of nitrogens with zero attached hydrogens (tertiary/aromatic N) is 1. The van der Waals surface area contributed by atoms with Crippen LogP contribution in [0.25, 0.3) is 0 Å². The lowest BCUT2D eigenvalue weighted by Gasteiger charge is -2.26. The molecule has 0 aliphatic carbocycles. The maximum Gasteiger partial charge on any atom is 0.255 e. The number of aryl methyl sites for hydroxylation is 1. The van der Waals surface area contributed by atoms with Crippen LogP contribution in [-0.4, -0.2) is 38.3 Å². The molecule has 1 N–H and O–H groups in total. The molecule has 0 spiro atoms. The zero-order valence-electron chi connectivity index (χ0n) is 17.0. The molecule has 2 aromatic carbocycles. The van der Waals surface area contributed by atoms with Crippen LogP contribution in [0, 0.1) is 6.92 Å². The number of hydrogen-bond acceptors (Lipinski definition) is 4. The molecule has 0 unspecified atom stereocenters. The van der Waals surface area contributed by atoms with Crippen LogP contribution in [0.4, 0.5) is 5.69 Å². The summed E-state index contributed by atoms with van der Waals surface area (Å²) in [6.07, 6.45) is 3.72. The SMILES string of the molecule is CCCOc1ccc(NC(=O)c2cccc(S(=O)(=O)N3CCCCC3)c2)c(C)c1. The van der Waals surface area contributed by atoms with E-state index in [-0.39, 0.29) is 10.8 Å². The summed E-state index contributed by atoms with van der Waals surface area (Å²) in [5.74, 6) is 0.419. The summed E-state index contributed by atoms with van der Waals surface area (Å²) in [6.45, 7) is 5.64. The van der Waals surface area contributed by atoms with Gasteiger partial charge >= 0.3 is 0 Å². The molecule has 1 amide bonds. The number of hydrogen-bond donors (Lipinski definition) is 1. The zero-order chi connectivity index (χ0) is 20.9. The van der Waals surface area contributed by atoms with Gasteiger partial charge in [0, 0.05) is 24.3 Å². The first kappa shape index (κ1) is 21.3. The van der Waals surface area contributed by atoms with E-state index < -0.39 is 10.0 Å². The standard InChI is InChI=1S/C22H28N2O4S/c1-3-14-28-19-10-11-21(17(2)15-19)23-22(25)18-8-7-9-20(16-18)29(26,27)24-12-5-4-6-13-24/h7-11,15-16H,3-6,12-14H2,1-2H3,(H,23,25). The van der Waals surface area contributed by atoms with E-state index in [1.807, 2.05) is 26.0 Å². The van der Waals surface area contributed by atoms with Crippen LogP contribution >= 0.6 is 0 Å². The molecule has 2 aromatic rings. The number of benzene rings is 2. The molecule has 3 rings (SSSR count). The molecular weight excluding hydrogens is 388 g/mol. The summed E-state index contributed by atoms with van der Waals surface area (Å²) in [4.78, 5) is 12.9. The Labute approximate surface area is 172 Å². The lowest BCUT2D eigenvalue weighted by molar-refractivity contribution is 0.102. The Kier molecular flexibility index (Phi) is 6.92. The second-order valence-electron chi connectivity index (χ2n) is 7.27. The average Bonchev–Trinajstić information content (AvgIpc) is 2.74. The van der Waals surface area contributed by atoms with E-state index in [0.29, 0.717) is 30.9 Å². The highest BCUT2D eigenvalue weighted by molar-refractivity contribution is 7.89. The van der Waals surface area contributed by atoms with Gasteiger partial charge in [-0.25, -0.2) is 8.42 Å². The minimum absolute atomic E-state index is 0.159. The van der Waals surface area contributed by atoms with Crippen LogP contribution in [0.1, 0.15) is 48.5 Å². The molecule has 1 fully saturated rings. The number of sulfonamides is 1. The molecular formula is C22H28N2O4S. The minimum atomic E-state index is -3.58. The fourth-order valence-corrected chi connectivity index (χ4v) is 4.90. The van der Waals surface area contributed by atoms with Gasteiger partial charge in [0.1, 0.15) is 5.75 Å². The van der Waals surface area contributed by atoms with Crippen molar-refractivity contribution >= 4 is 21.6 Å². The van der Waals surface area contributed by atoms with Gasteiger partial charge in [0.2, 0.25) is 10.0 Å². The van der Waals surface area contributed by atoms with Crippen molar-refractivity contribution in [3.63, 3.8) is 0 Å². The lowest BCUT2D eigenvalue weighted by Crippen LogP contribution is -2.35. The number of piperidine rings is 1. The van der Waals surface area contributed by atoms with Gasteiger partial charge in [0.15, 0.2) is 0 Å². The first-order valence-corrected chi connectivity index (χ1v) is 11.5. The Morgan fingerprint density at radius 2 is 1.86 bits per heavy atom. The van der Waals surface area contributed by atoms with E-state index in [9.17, 15) is 13.2 Å². The second kappa shape index (κ2) is 9.41. The van der Waals surface area contributed by atoms with E-state index in [4.69, 9.17) is 4.74 Å². The minimum Gasteiger partial charge on any atom is -0.494 e. The van der Waals surface area contributed by atoms with Gasteiger partial charge in [0.05, 0.1) is 11.5 Å². The summed E-state index contributed by atoms with van der Waals surface area (Å²) >= 11 is 0. The normalized spacial score (nSPS) is 15.1. The third-order valence-electron chi connectivity index (χ3n) is 4.97. The largest absolute Gasteiger partial charge is 0.494 e. The van der Waals surface area contributed by atoms with Gasteiger partial charge in [-0.3, -0.25) is 4.79 Å². The van der Waals surface area contributed by atoms with Crippen molar-refractivity contribution in [3.05, 3.63) is 53.6 Å². The molecule has 1 aliphatic heterocycles. The van der Waals surface area contributed by atoms with Crippen molar-refractivity contribution in [2.45, 2.75) is 44.4 Å². The smallest absolute Gasteiger partial charge is 0.255 e. The number of amides is 1. The molecule has 1 aliphatic rings. The maximum absolute atomic E-state index is 12.9. The third-order valence-corrected chi connectivity index (χ3v) is 6.86. The predicted octanol–water partition coefficient (Wildman–Crippen LogP) is 4.21. The molecule has 0 radical (unpaired) electrons. The number of nitrogens with one attached hydrogen (secondary N) is 1. The summed E-state index contributed by atoms with van der Waals surface area (Å²) in [7, 11) is -3.58. The molecule has 1 saturated heterocycles. The number of carbonyl (C=O) groups is 1. The Morgan fingerprint density at radius 3 is 2.55 bits per heavy atom. The lowest BCUT2D eigenvalue weighted by atomic mass is 10.1. The second-order valence-corrected chi connectivity index (χ2v) is 9.21. The Balaban J connectivity index is 1.76. The fraction of sp³-hybridized carbons (Fsp3) is 0.409. The van der Waals surface area contributed by atoms with Gasteiger partial charge in [-0.1, -0.05) is 19.4 Å². The monoisotopic (exact) mass is 416 g/mol. The van der Waals surface area contributed by atoms with Crippen LogP contribution < -0.4 is 10.1 Å². The summed E-state index contributed by atoms with van der Waals surface area (Å²) in [5.41, 5.74) is 1.86. The fourth-order valence-electron chi connectivity index (χ4n) is 3.33. The quantitative estimate of drug-likeness (QED) is 0.734. The predicted molar refractivity (Wildman–Crippen MR) is 114 cm³/mol. The van der Waals surface area contributed by atoms with Crippen LogP contribution in [0.2, 0.25) is 0 Å². The van der Waals surface area contributed by atoms with Crippen LogP contribution in [0.15, 0.2) is 47.4 Å². The summed E-state index contributed by atoms with van der Waals surface area (Å²) in [5, 5.41) is 2.87. The number of rotatable bonds is 7. The van der Waals surface area contributed by atoms with Crippen molar-refractivity contribution in [3.8, 4) is 5.75 Å². The molecule has 6 nitrogen and oxygen atoms in total. The van der Waals surface area contributed by atoms with E-state index in [2.05, 4.69) is 5.32 Å². The van der Waals surface area contributed by atoms with Gasteiger partial charge in [-0.2, -0.15) is 4.31 Å². The van der Waals surface area contributed by atoms with Crippen molar-refractivity contribution < 1.29 is 17.9 Å². The van der Waals surface area contributed by atoms with Crippen molar-refractivity contribution in [2.75, 3.05) is 25.0 Å². The number of carbonyl (C=O) groups excluding carboxylic acids is 1. The highest BCUT2D eigenvalue weighted by atomic mass is 32.2. The first-order chi connectivity index (χ1) is 13.9. The molecule has 7 heteroatoms. The van der Waals surface area contributed by atoms with Crippen LogP contribution in [0.5, 0.6) is 5.75 Å². The van der Waals surface area contributed by atoms with Gasteiger partial charge in [0.25, 0.3) is 5.91 Å². The summed E-state index contributed by atoms with van der Waals surface area (Å²) < 4.78 is 32.9. The Bertz CT molecular complexity index is 967. The highest BCUT2D eigenvalue weighted by Crippen LogP contribution is 2.24. The topological polar surface area (TPSA) is 75.7 Å². The van der Waals surface area contributed by atoms with Gasteiger partial charge < -0.3 is 10.1 Å². The van der Waals surface area contributed by atoms with Crippen LogP contribution in [-0.2, 0) is 10.0 Å². The van der Waals surface area contributed by atoms with E-state index in [0.717, 1.165) is 37.0 Å². The van der Waals surface area contributed by atoms with Crippen LogP contribution in [0.3, 0.4) is 0 Å². The molecule has 29 heavy (non-hydrogen) atoms. The maximum atomic E-state index is 12.9. The van der Waals surface area contributed by atoms with Gasteiger partial charge in [-0.05, 0) is 68.1 Å². The van der Waals surface area contributed by atoms with Crippen molar-refractivity contribution in [2.24, 2.45) is 0 Å². The molecule has 1 heterocycles. The molecule has 0 aromatic heterocycles. The highest BCUT2D eigenvalue weighted by Gasteiger charge is 2.26. The van der Waals surface area contributed by atoms with E-state index in [1.54, 1.807) is 24.3 Å². The van der Waals surface area contributed by atoms with Crippen molar-refractivity contribution in [1.29, 1.82) is 0 Å². The van der Waals surface area contributed by atoms with E-state index >= 15 is 0 Å². The first-order valence-electron chi connectivity index (χ1n) is 10.1. The molecule has 156 valence electrons. The Hall–Kier alpha value is -2.38. The number of anilines is 1. The summed E-state index contributed by atoms with van der Waals surface area (Å²) in [6, 6.07) is 11.7. The van der Waals surface area contributed by atoms with Gasteiger partial charge in [-0.15, -0.1) is 0 Å². The zero-order valence-corrected chi connectivity index (χ0v) is 17.8. The third kappa shape index (κ3) is 5.16. The number of ether oxygens (including phenoxy) is 1. The van der Waals surface area contributed by atoms with Crippen molar-refractivity contribution in [1.82, 2.24) is 4.31 Å². The molecule has 0 bridgehead atoms. The Morgan fingerprint density at radius 1 is 1.10 bits per heavy atom.